The molecule has 0 atom stereocenters. The normalized spacial score (nSPS) is 10.9. The first-order valence-electron chi connectivity index (χ1n) is 5.45. The zero-order chi connectivity index (χ0) is 14.8. The van der Waals surface area contributed by atoms with Crippen LogP contribution in [0.1, 0.15) is 5.56 Å². The second kappa shape index (κ2) is 5.43. The quantitative estimate of drug-likeness (QED) is 0.799. The molecule has 0 aromatic heterocycles. The van der Waals surface area contributed by atoms with Gasteiger partial charge >= 0.3 is 6.36 Å². The van der Waals surface area contributed by atoms with Crippen LogP contribution in [-0.4, -0.2) is 6.36 Å². The van der Waals surface area contributed by atoms with Crippen LogP contribution in [0.4, 0.5) is 13.2 Å². The van der Waals surface area contributed by atoms with Crippen LogP contribution in [0.25, 0.3) is 11.1 Å². The van der Waals surface area contributed by atoms with Crippen LogP contribution in [0.5, 0.6) is 5.75 Å². The molecule has 20 heavy (non-hydrogen) atoms. The smallest absolute Gasteiger partial charge is 0.404 e. The molecule has 0 unspecified atom stereocenters. The molecule has 0 aliphatic carbocycles. The summed E-state index contributed by atoms with van der Waals surface area (Å²) in [6, 6.07) is 12.4. The molecule has 2 aromatic carbocycles. The standard InChI is InChI=1S/C14H7ClF3NO/c15-12-4-2-1-3-11(12)9-5-6-13(10(7-9)8-19)20-14(16,17)18/h1-7H. The number of nitrogens with zero attached hydrogens (tertiary/aromatic N) is 1. The van der Waals surface area contributed by atoms with Gasteiger partial charge in [0.2, 0.25) is 0 Å². The highest BCUT2D eigenvalue weighted by atomic mass is 35.5. The minimum atomic E-state index is -4.84. The zero-order valence-corrected chi connectivity index (χ0v) is 10.7. The van der Waals surface area contributed by atoms with Gasteiger partial charge in [-0.2, -0.15) is 5.26 Å². The summed E-state index contributed by atoms with van der Waals surface area (Å²) in [6.45, 7) is 0. The van der Waals surface area contributed by atoms with E-state index >= 15 is 0 Å². The number of benzene rings is 2. The maximum absolute atomic E-state index is 12.2. The summed E-state index contributed by atoms with van der Waals surface area (Å²) in [5.74, 6) is -0.532. The summed E-state index contributed by atoms with van der Waals surface area (Å²) in [6.07, 6.45) is -4.84. The fraction of sp³-hybridized carbons (Fsp3) is 0.0714. The first kappa shape index (κ1) is 14.2. The Balaban J connectivity index is 2.46. The van der Waals surface area contributed by atoms with Crippen LogP contribution in [0.3, 0.4) is 0 Å². The van der Waals surface area contributed by atoms with Crippen LogP contribution in [0.15, 0.2) is 42.5 Å². The molecule has 0 amide bonds. The Morgan fingerprint density at radius 2 is 1.80 bits per heavy atom. The number of nitriles is 1. The molecule has 6 heteroatoms. The van der Waals surface area contributed by atoms with E-state index in [1.807, 2.05) is 0 Å². The second-order valence-corrected chi connectivity index (χ2v) is 4.26. The Bertz CT molecular complexity index is 677. The molecule has 0 aliphatic rings. The predicted molar refractivity (Wildman–Crippen MR) is 68.3 cm³/mol. The van der Waals surface area contributed by atoms with Crippen molar-refractivity contribution in [2.75, 3.05) is 0 Å². The van der Waals surface area contributed by atoms with Crippen LogP contribution in [-0.2, 0) is 0 Å². The summed E-state index contributed by atoms with van der Waals surface area (Å²) in [5.41, 5.74) is 0.964. The van der Waals surface area contributed by atoms with E-state index in [-0.39, 0.29) is 5.56 Å². The minimum absolute atomic E-state index is 0.209. The van der Waals surface area contributed by atoms with Gasteiger partial charge in [-0.1, -0.05) is 35.9 Å². The maximum Gasteiger partial charge on any atom is 0.573 e. The molecule has 0 saturated heterocycles. The van der Waals surface area contributed by atoms with Crippen molar-refractivity contribution in [3.05, 3.63) is 53.1 Å². The Morgan fingerprint density at radius 3 is 2.40 bits per heavy atom. The summed E-state index contributed by atoms with van der Waals surface area (Å²) in [7, 11) is 0. The van der Waals surface area contributed by atoms with Crippen molar-refractivity contribution in [1.82, 2.24) is 0 Å². The van der Waals surface area contributed by atoms with Gasteiger partial charge in [-0.05, 0) is 23.8 Å². The summed E-state index contributed by atoms with van der Waals surface area (Å²) >= 11 is 6.01. The highest BCUT2D eigenvalue weighted by Crippen LogP contribution is 2.33. The molecule has 0 spiro atoms. The highest BCUT2D eigenvalue weighted by Gasteiger charge is 2.32. The van der Waals surface area contributed by atoms with Crippen molar-refractivity contribution >= 4 is 11.6 Å². The number of alkyl halides is 3. The van der Waals surface area contributed by atoms with Crippen molar-refractivity contribution in [2.45, 2.75) is 6.36 Å². The van der Waals surface area contributed by atoms with Gasteiger partial charge in [-0.25, -0.2) is 0 Å². The fourth-order valence-corrected chi connectivity index (χ4v) is 1.94. The molecule has 0 radical (unpaired) electrons. The molecule has 2 rings (SSSR count). The average molecular weight is 298 g/mol. The van der Waals surface area contributed by atoms with E-state index in [0.29, 0.717) is 16.1 Å². The Labute approximate surface area is 118 Å². The van der Waals surface area contributed by atoms with Crippen molar-refractivity contribution in [2.24, 2.45) is 0 Å². The van der Waals surface area contributed by atoms with E-state index in [2.05, 4.69) is 4.74 Å². The predicted octanol–water partition coefficient (Wildman–Crippen LogP) is 4.78. The topological polar surface area (TPSA) is 33.0 Å². The van der Waals surface area contributed by atoms with Gasteiger partial charge in [0.15, 0.2) is 0 Å². The van der Waals surface area contributed by atoms with Crippen molar-refractivity contribution in [3.8, 4) is 22.9 Å². The molecule has 102 valence electrons. The van der Waals surface area contributed by atoms with Gasteiger partial charge in [0.05, 0.1) is 5.56 Å². The molecule has 2 nitrogen and oxygen atoms in total. The number of hydrogen-bond acceptors (Lipinski definition) is 2. The first-order chi connectivity index (χ1) is 9.40. The molecule has 0 fully saturated rings. The molecule has 0 aliphatic heterocycles. The van der Waals surface area contributed by atoms with E-state index in [1.165, 1.54) is 12.1 Å². The molecule has 0 heterocycles. The average Bonchev–Trinajstić information content (AvgIpc) is 2.38. The molecule has 0 saturated carbocycles. The highest BCUT2D eigenvalue weighted by molar-refractivity contribution is 6.33. The Morgan fingerprint density at radius 1 is 1.10 bits per heavy atom. The molecule has 0 N–H and O–H groups in total. The summed E-state index contributed by atoms with van der Waals surface area (Å²) in [4.78, 5) is 0. The van der Waals surface area contributed by atoms with E-state index in [4.69, 9.17) is 16.9 Å². The lowest BCUT2D eigenvalue weighted by Gasteiger charge is -2.11. The van der Waals surface area contributed by atoms with Gasteiger partial charge in [0.25, 0.3) is 0 Å². The number of ether oxygens (including phenoxy) is 1. The summed E-state index contributed by atoms with van der Waals surface area (Å²) < 4.78 is 40.4. The summed E-state index contributed by atoms with van der Waals surface area (Å²) in [5, 5.41) is 9.37. The van der Waals surface area contributed by atoms with E-state index in [9.17, 15) is 13.2 Å². The van der Waals surface area contributed by atoms with Crippen LogP contribution in [0.2, 0.25) is 5.02 Å². The Kier molecular flexibility index (Phi) is 3.86. The maximum atomic E-state index is 12.2. The van der Waals surface area contributed by atoms with E-state index < -0.39 is 12.1 Å². The molecular formula is C14H7ClF3NO. The zero-order valence-electron chi connectivity index (χ0n) is 9.91. The van der Waals surface area contributed by atoms with Crippen LogP contribution >= 0.6 is 11.6 Å². The molecular weight excluding hydrogens is 291 g/mol. The lowest BCUT2D eigenvalue weighted by atomic mass is 10.0. The third-order valence-electron chi connectivity index (χ3n) is 2.51. The van der Waals surface area contributed by atoms with Gasteiger partial charge in [0, 0.05) is 10.6 Å². The number of rotatable bonds is 2. The van der Waals surface area contributed by atoms with Gasteiger partial charge < -0.3 is 4.74 Å². The monoisotopic (exact) mass is 297 g/mol. The van der Waals surface area contributed by atoms with Crippen molar-refractivity contribution < 1.29 is 17.9 Å². The van der Waals surface area contributed by atoms with E-state index in [0.717, 1.165) is 6.07 Å². The number of halogens is 4. The van der Waals surface area contributed by atoms with Crippen molar-refractivity contribution in [3.63, 3.8) is 0 Å². The van der Waals surface area contributed by atoms with E-state index in [1.54, 1.807) is 30.3 Å². The lowest BCUT2D eigenvalue weighted by molar-refractivity contribution is -0.274. The largest absolute Gasteiger partial charge is 0.573 e. The van der Waals surface area contributed by atoms with Gasteiger partial charge in [-0.3, -0.25) is 0 Å². The molecule has 2 aromatic rings. The van der Waals surface area contributed by atoms with Gasteiger partial charge in [0.1, 0.15) is 11.8 Å². The Hall–Kier alpha value is -2.19. The second-order valence-electron chi connectivity index (χ2n) is 3.85. The lowest BCUT2D eigenvalue weighted by Crippen LogP contribution is -2.17. The third kappa shape index (κ3) is 3.22. The van der Waals surface area contributed by atoms with Crippen molar-refractivity contribution in [1.29, 1.82) is 5.26 Å². The van der Waals surface area contributed by atoms with Gasteiger partial charge in [-0.15, -0.1) is 13.2 Å². The number of hydrogen-bond donors (Lipinski definition) is 0. The fourth-order valence-electron chi connectivity index (χ4n) is 1.69. The first-order valence-corrected chi connectivity index (χ1v) is 5.83. The SMILES string of the molecule is N#Cc1cc(-c2ccccc2Cl)ccc1OC(F)(F)F. The third-order valence-corrected chi connectivity index (χ3v) is 2.84. The molecule has 0 bridgehead atoms. The minimum Gasteiger partial charge on any atom is -0.404 e. The van der Waals surface area contributed by atoms with Crippen LogP contribution in [0, 0.1) is 11.3 Å². The van der Waals surface area contributed by atoms with Crippen LogP contribution < -0.4 is 4.74 Å².